The Hall–Kier alpha value is -4.14. The van der Waals surface area contributed by atoms with Crippen LogP contribution >= 0.6 is 0 Å². The van der Waals surface area contributed by atoms with E-state index in [2.05, 4.69) is 49.3 Å². The number of nitrogens with one attached hydrogen (secondary N) is 1. The second-order valence-electron chi connectivity index (χ2n) is 6.30. The van der Waals surface area contributed by atoms with Gasteiger partial charge >= 0.3 is 0 Å². The zero-order valence-electron chi connectivity index (χ0n) is 15.7. The van der Waals surface area contributed by atoms with Crippen molar-refractivity contribution >= 4 is 24.0 Å². The molecule has 1 N–H and O–H groups in total. The summed E-state index contributed by atoms with van der Waals surface area (Å²) >= 11 is 0. The predicted molar refractivity (Wildman–Crippen MR) is 110 cm³/mol. The minimum atomic E-state index is 0.308. The topological polar surface area (TPSA) is 99.2 Å². The molecule has 0 bridgehead atoms. The number of anilines is 2. The van der Waals surface area contributed by atoms with Gasteiger partial charge in [-0.3, -0.25) is 5.32 Å². The summed E-state index contributed by atoms with van der Waals surface area (Å²) in [4.78, 5) is 2.99. The molecule has 4 rings (SSSR count). The van der Waals surface area contributed by atoms with E-state index in [1.54, 1.807) is 12.2 Å². The van der Waals surface area contributed by atoms with Crippen LogP contribution in [0.3, 0.4) is 0 Å². The van der Waals surface area contributed by atoms with Crippen molar-refractivity contribution in [2.75, 3.05) is 5.32 Å². The van der Waals surface area contributed by atoms with E-state index in [9.17, 15) is 0 Å². The number of rotatable bonds is 8. The number of benzene rings is 2. The largest absolute Gasteiger partial charge is 0.287 e. The van der Waals surface area contributed by atoms with Crippen molar-refractivity contribution in [2.24, 2.45) is 0 Å². The molecule has 0 spiro atoms. The number of aromatic nitrogens is 8. The lowest BCUT2D eigenvalue weighted by Gasteiger charge is -2.00. The van der Waals surface area contributed by atoms with Crippen LogP contribution in [0, 0.1) is 0 Å². The minimum absolute atomic E-state index is 0.308. The van der Waals surface area contributed by atoms with Gasteiger partial charge in [0.2, 0.25) is 0 Å². The molecule has 144 valence electrons. The molecule has 4 aromatic rings. The second-order valence-corrected chi connectivity index (χ2v) is 6.30. The van der Waals surface area contributed by atoms with Crippen molar-refractivity contribution in [3.63, 3.8) is 0 Å². The van der Waals surface area contributed by atoms with Crippen LogP contribution < -0.4 is 5.32 Å². The Labute approximate surface area is 167 Å². The lowest BCUT2D eigenvalue weighted by molar-refractivity contribution is 0.572. The summed E-state index contributed by atoms with van der Waals surface area (Å²) in [6, 6.07) is 16.0. The summed E-state index contributed by atoms with van der Waals surface area (Å²) in [6.45, 7) is 8.51. The Balaban J connectivity index is 1.37. The van der Waals surface area contributed by atoms with Crippen LogP contribution in [-0.4, -0.2) is 40.4 Å². The third kappa shape index (κ3) is 4.59. The van der Waals surface area contributed by atoms with Crippen molar-refractivity contribution in [3.8, 4) is 0 Å². The SMILES string of the molecule is C=Cc1ccc(Cn2nnc(Nc3nnn(Cc4ccc(C=C)cc4)n3)n2)cc1. The van der Waals surface area contributed by atoms with Crippen molar-refractivity contribution in [3.05, 3.63) is 83.9 Å². The minimum Gasteiger partial charge on any atom is -0.287 e. The third-order valence-electron chi connectivity index (χ3n) is 4.21. The fourth-order valence-electron chi connectivity index (χ4n) is 2.67. The Morgan fingerprint density at radius 2 is 1.10 bits per heavy atom. The van der Waals surface area contributed by atoms with Crippen LogP contribution in [0.25, 0.3) is 12.2 Å². The Kier molecular flexibility index (Phi) is 5.19. The van der Waals surface area contributed by atoms with E-state index >= 15 is 0 Å². The van der Waals surface area contributed by atoms with E-state index in [1.807, 2.05) is 48.5 Å². The highest BCUT2D eigenvalue weighted by molar-refractivity contribution is 5.48. The molecule has 0 aliphatic carbocycles. The quantitative estimate of drug-likeness (QED) is 0.498. The van der Waals surface area contributed by atoms with Gasteiger partial charge in [-0.1, -0.05) is 84.0 Å². The molecule has 0 fully saturated rings. The van der Waals surface area contributed by atoms with E-state index in [0.29, 0.717) is 25.0 Å². The van der Waals surface area contributed by atoms with Gasteiger partial charge in [-0.2, -0.15) is 9.59 Å². The molecular weight excluding hydrogens is 366 g/mol. The molecule has 2 aromatic heterocycles. The average Bonchev–Trinajstić information content (AvgIpc) is 3.38. The van der Waals surface area contributed by atoms with Gasteiger partial charge in [-0.05, 0) is 32.7 Å². The van der Waals surface area contributed by atoms with Gasteiger partial charge in [-0.15, -0.1) is 10.2 Å². The molecule has 9 heteroatoms. The molecule has 0 unspecified atom stereocenters. The third-order valence-corrected chi connectivity index (χ3v) is 4.21. The van der Waals surface area contributed by atoms with Gasteiger partial charge in [0, 0.05) is 0 Å². The first-order chi connectivity index (χ1) is 14.2. The maximum atomic E-state index is 4.29. The van der Waals surface area contributed by atoms with E-state index in [0.717, 1.165) is 22.3 Å². The number of hydrogen-bond acceptors (Lipinski definition) is 7. The van der Waals surface area contributed by atoms with Crippen LogP contribution in [0.4, 0.5) is 11.9 Å². The normalized spacial score (nSPS) is 10.6. The highest BCUT2D eigenvalue weighted by atomic mass is 15.6. The monoisotopic (exact) mass is 385 g/mol. The lowest BCUT2D eigenvalue weighted by atomic mass is 10.1. The Morgan fingerprint density at radius 1 is 0.690 bits per heavy atom. The summed E-state index contributed by atoms with van der Waals surface area (Å²) < 4.78 is 0. The fraction of sp³-hybridized carbons (Fsp3) is 0.100. The maximum absolute atomic E-state index is 4.29. The molecule has 29 heavy (non-hydrogen) atoms. The highest BCUT2D eigenvalue weighted by Gasteiger charge is 2.08. The van der Waals surface area contributed by atoms with Gasteiger partial charge in [0.15, 0.2) is 0 Å². The van der Waals surface area contributed by atoms with Crippen LogP contribution in [0.15, 0.2) is 61.7 Å². The fourth-order valence-corrected chi connectivity index (χ4v) is 2.67. The van der Waals surface area contributed by atoms with Crippen molar-refractivity contribution < 1.29 is 0 Å². The molecule has 0 atom stereocenters. The lowest BCUT2D eigenvalue weighted by Crippen LogP contribution is -2.05. The van der Waals surface area contributed by atoms with Gasteiger partial charge in [0.1, 0.15) is 0 Å². The molecule has 9 nitrogen and oxygen atoms in total. The molecule has 0 aliphatic rings. The van der Waals surface area contributed by atoms with Crippen LogP contribution in [0.1, 0.15) is 22.3 Å². The summed E-state index contributed by atoms with van der Waals surface area (Å²) in [7, 11) is 0. The first kappa shape index (κ1) is 18.2. The summed E-state index contributed by atoms with van der Waals surface area (Å²) in [5.41, 5.74) is 4.25. The van der Waals surface area contributed by atoms with Gasteiger partial charge in [0.05, 0.1) is 13.1 Å². The number of nitrogens with zero attached hydrogens (tertiary/aromatic N) is 8. The molecular formula is C20H19N9. The first-order valence-corrected chi connectivity index (χ1v) is 8.97. The molecule has 0 radical (unpaired) electrons. The van der Waals surface area contributed by atoms with E-state index in [-0.39, 0.29) is 0 Å². The second kappa shape index (κ2) is 8.26. The van der Waals surface area contributed by atoms with Gasteiger partial charge in [0.25, 0.3) is 11.9 Å². The Morgan fingerprint density at radius 3 is 1.48 bits per heavy atom. The zero-order chi connectivity index (χ0) is 20.1. The van der Waals surface area contributed by atoms with Crippen LogP contribution in [-0.2, 0) is 13.1 Å². The molecule has 0 saturated heterocycles. The predicted octanol–water partition coefficient (Wildman–Crippen LogP) is 2.79. The molecule has 0 amide bonds. The average molecular weight is 385 g/mol. The standard InChI is InChI=1S/C20H19N9/c1-3-15-5-9-17(10-6-15)13-28-24-19(22-26-28)21-20-23-27-29(25-20)14-18-11-7-16(4-2)8-12-18/h3-12H,1-2,13-14H2,(H,21,24,25). The molecule has 2 heterocycles. The van der Waals surface area contributed by atoms with Gasteiger partial charge < -0.3 is 0 Å². The van der Waals surface area contributed by atoms with E-state index in [1.165, 1.54) is 9.59 Å². The number of hydrogen-bond donors (Lipinski definition) is 1. The van der Waals surface area contributed by atoms with Crippen molar-refractivity contribution in [1.82, 2.24) is 40.4 Å². The summed E-state index contributed by atoms with van der Waals surface area (Å²) in [5, 5.41) is 27.6. The first-order valence-electron chi connectivity index (χ1n) is 8.97. The molecule has 2 aromatic carbocycles. The van der Waals surface area contributed by atoms with Crippen LogP contribution in [0.5, 0.6) is 0 Å². The zero-order valence-corrected chi connectivity index (χ0v) is 15.7. The van der Waals surface area contributed by atoms with E-state index < -0.39 is 0 Å². The number of tetrazole rings is 2. The maximum Gasteiger partial charge on any atom is 0.270 e. The smallest absolute Gasteiger partial charge is 0.270 e. The van der Waals surface area contributed by atoms with E-state index in [4.69, 9.17) is 0 Å². The Bertz CT molecular complexity index is 1020. The molecule has 0 aliphatic heterocycles. The highest BCUT2D eigenvalue weighted by Crippen LogP contribution is 2.09. The van der Waals surface area contributed by atoms with Crippen molar-refractivity contribution in [1.29, 1.82) is 0 Å². The van der Waals surface area contributed by atoms with Crippen molar-refractivity contribution in [2.45, 2.75) is 13.1 Å². The molecule has 0 saturated carbocycles. The van der Waals surface area contributed by atoms with Gasteiger partial charge in [-0.25, -0.2) is 0 Å². The summed E-state index contributed by atoms with van der Waals surface area (Å²) in [6.07, 6.45) is 3.60. The summed E-state index contributed by atoms with van der Waals surface area (Å²) in [5.74, 6) is 0.616. The van der Waals surface area contributed by atoms with Crippen LogP contribution in [0.2, 0.25) is 0 Å².